The fourth-order valence-corrected chi connectivity index (χ4v) is 3.00. The van der Waals surface area contributed by atoms with Crippen LogP contribution in [0.5, 0.6) is 0 Å². The Labute approximate surface area is 148 Å². The summed E-state index contributed by atoms with van der Waals surface area (Å²) in [7, 11) is 0. The molecule has 0 aliphatic heterocycles. The molecule has 1 heterocycles. The Morgan fingerprint density at radius 1 is 1.24 bits per heavy atom. The number of aromatic nitrogens is 1. The molecule has 1 saturated carbocycles. The second-order valence-corrected chi connectivity index (χ2v) is 6.85. The summed E-state index contributed by atoms with van der Waals surface area (Å²) in [5.41, 5.74) is 1.33. The highest BCUT2D eigenvalue weighted by Gasteiger charge is 2.24. The van der Waals surface area contributed by atoms with Gasteiger partial charge in [-0.15, -0.1) is 11.3 Å². The summed E-state index contributed by atoms with van der Waals surface area (Å²) in [5.74, 6) is -1.31. The number of urea groups is 1. The third-order valence-electron chi connectivity index (χ3n) is 3.47. The molecule has 0 bridgehead atoms. The van der Waals surface area contributed by atoms with Crippen molar-refractivity contribution in [2.45, 2.75) is 25.8 Å². The van der Waals surface area contributed by atoms with Gasteiger partial charge in [-0.1, -0.05) is 30.3 Å². The number of nitrogens with zero attached hydrogens (tertiary/aromatic N) is 1. The van der Waals surface area contributed by atoms with E-state index >= 15 is 0 Å². The molecule has 2 N–H and O–H groups in total. The number of aryl methyl sites for hydroxylation is 1. The lowest BCUT2D eigenvalue weighted by Crippen LogP contribution is -2.42. The van der Waals surface area contributed by atoms with Gasteiger partial charge in [0.05, 0.1) is 10.7 Å². The number of hydrogen-bond donors (Lipinski definition) is 2. The minimum Gasteiger partial charge on any atom is -0.451 e. The molecule has 0 saturated heterocycles. The van der Waals surface area contributed by atoms with Crippen LogP contribution in [-0.4, -0.2) is 35.5 Å². The van der Waals surface area contributed by atoms with Gasteiger partial charge in [0, 0.05) is 11.6 Å². The fraction of sp³-hybridized carbons (Fsp3) is 0.294. The Balaban J connectivity index is 1.59. The minimum absolute atomic E-state index is 0.143. The molecule has 1 aliphatic rings. The van der Waals surface area contributed by atoms with Crippen LogP contribution in [0, 0.1) is 6.92 Å². The van der Waals surface area contributed by atoms with Crippen molar-refractivity contribution in [3.8, 4) is 11.3 Å². The smallest absolute Gasteiger partial charge is 0.351 e. The first-order valence-corrected chi connectivity index (χ1v) is 8.65. The average molecular weight is 359 g/mol. The van der Waals surface area contributed by atoms with Gasteiger partial charge in [-0.3, -0.25) is 10.1 Å². The molecule has 0 radical (unpaired) electrons. The third kappa shape index (κ3) is 4.63. The SMILES string of the molecule is Cc1nc(-c2ccccc2)c(C(=O)OCC(=O)NC(=O)NC2CC2)s1. The van der Waals surface area contributed by atoms with E-state index in [1.165, 1.54) is 11.3 Å². The highest BCUT2D eigenvalue weighted by Crippen LogP contribution is 2.28. The van der Waals surface area contributed by atoms with E-state index in [0.29, 0.717) is 10.6 Å². The predicted molar refractivity (Wildman–Crippen MR) is 92.3 cm³/mol. The van der Waals surface area contributed by atoms with Crippen molar-refractivity contribution in [1.82, 2.24) is 15.6 Å². The van der Waals surface area contributed by atoms with Gasteiger partial charge in [-0.2, -0.15) is 0 Å². The number of thiazole rings is 1. The van der Waals surface area contributed by atoms with Crippen molar-refractivity contribution in [3.63, 3.8) is 0 Å². The van der Waals surface area contributed by atoms with Gasteiger partial charge in [0.25, 0.3) is 5.91 Å². The molecular weight excluding hydrogens is 342 g/mol. The summed E-state index contributed by atoms with van der Waals surface area (Å²) in [6.45, 7) is 1.27. The summed E-state index contributed by atoms with van der Waals surface area (Å²) in [5, 5.41) is 5.47. The van der Waals surface area contributed by atoms with Crippen LogP contribution in [0.1, 0.15) is 27.5 Å². The molecule has 25 heavy (non-hydrogen) atoms. The van der Waals surface area contributed by atoms with Crippen LogP contribution < -0.4 is 10.6 Å². The maximum absolute atomic E-state index is 12.3. The molecule has 8 heteroatoms. The van der Waals surface area contributed by atoms with Crippen LogP contribution in [0.4, 0.5) is 4.79 Å². The maximum Gasteiger partial charge on any atom is 0.351 e. The summed E-state index contributed by atoms with van der Waals surface area (Å²) in [4.78, 5) is 40.2. The third-order valence-corrected chi connectivity index (χ3v) is 4.42. The van der Waals surface area contributed by atoms with Crippen LogP contribution in [0.3, 0.4) is 0 Å². The molecule has 130 valence electrons. The van der Waals surface area contributed by atoms with Crippen molar-refractivity contribution < 1.29 is 19.1 Å². The Kier molecular flexibility index (Phi) is 5.08. The Hall–Kier alpha value is -2.74. The number of benzene rings is 1. The molecule has 1 fully saturated rings. The first kappa shape index (κ1) is 17.1. The number of ether oxygens (including phenoxy) is 1. The second-order valence-electron chi connectivity index (χ2n) is 5.65. The highest BCUT2D eigenvalue weighted by atomic mass is 32.1. The van der Waals surface area contributed by atoms with Crippen molar-refractivity contribution in [1.29, 1.82) is 0 Å². The molecule has 1 aromatic carbocycles. The Bertz CT molecular complexity index is 799. The van der Waals surface area contributed by atoms with Crippen LogP contribution in [0.15, 0.2) is 30.3 Å². The zero-order valence-electron chi connectivity index (χ0n) is 13.6. The fourth-order valence-electron chi connectivity index (χ4n) is 2.17. The molecule has 7 nitrogen and oxygen atoms in total. The van der Waals surface area contributed by atoms with Crippen LogP contribution in [-0.2, 0) is 9.53 Å². The molecule has 1 aromatic heterocycles. The van der Waals surface area contributed by atoms with Gasteiger partial charge in [0.2, 0.25) is 0 Å². The lowest BCUT2D eigenvalue weighted by molar-refractivity contribution is -0.123. The van der Waals surface area contributed by atoms with E-state index in [0.717, 1.165) is 23.4 Å². The predicted octanol–water partition coefficient (Wildman–Crippen LogP) is 2.26. The summed E-state index contributed by atoms with van der Waals surface area (Å²) >= 11 is 1.20. The summed E-state index contributed by atoms with van der Waals surface area (Å²) in [6.07, 6.45) is 1.84. The number of nitrogens with one attached hydrogen (secondary N) is 2. The van der Waals surface area contributed by atoms with Crippen molar-refractivity contribution in [2.24, 2.45) is 0 Å². The molecule has 0 spiro atoms. The number of carbonyl (C=O) groups excluding carboxylic acids is 3. The molecule has 0 unspecified atom stereocenters. The van der Waals surface area contributed by atoms with Crippen LogP contribution >= 0.6 is 11.3 Å². The lowest BCUT2D eigenvalue weighted by Gasteiger charge is -2.06. The lowest BCUT2D eigenvalue weighted by atomic mass is 10.1. The molecular formula is C17H17N3O4S. The zero-order chi connectivity index (χ0) is 17.8. The number of rotatable bonds is 5. The van der Waals surface area contributed by atoms with Crippen molar-refractivity contribution >= 4 is 29.2 Å². The normalized spacial score (nSPS) is 13.2. The van der Waals surface area contributed by atoms with E-state index in [1.54, 1.807) is 6.92 Å². The minimum atomic E-state index is -0.672. The first-order valence-electron chi connectivity index (χ1n) is 7.83. The number of carbonyl (C=O) groups is 3. The number of hydrogen-bond acceptors (Lipinski definition) is 6. The zero-order valence-corrected chi connectivity index (χ0v) is 14.4. The average Bonchev–Trinajstić information content (AvgIpc) is 3.31. The van der Waals surface area contributed by atoms with E-state index in [1.807, 2.05) is 30.3 Å². The van der Waals surface area contributed by atoms with Crippen LogP contribution in [0.25, 0.3) is 11.3 Å². The molecule has 1 aliphatic carbocycles. The molecule has 2 aromatic rings. The van der Waals surface area contributed by atoms with E-state index in [9.17, 15) is 14.4 Å². The quantitative estimate of drug-likeness (QED) is 0.798. The summed E-state index contributed by atoms with van der Waals surface area (Å²) in [6, 6.07) is 8.85. The number of amides is 3. The van der Waals surface area contributed by atoms with Gasteiger partial charge in [-0.05, 0) is 19.8 Å². The number of imide groups is 1. The standard InChI is InChI=1S/C17H17N3O4S/c1-10-18-14(11-5-3-2-4-6-11)15(25-10)16(22)24-9-13(21)20-17(23)19-12-7-8-12/h2-6,12H,7-9H2,1H3,(H2,19,20,21,23). The van der Waals surface area contributed by atoms with Crippen LogP contribution in [0.2, 0.25) is 0 Å². The van der Waals surface area contributed by atoms with E-state index < -0.39 is 24.5 Å². The summed E-state index contributed by atoms with van der Waals surface area (Å²) < 4.78 is 5.03. The largest absolute Gasteiger partial charge is 0.451 e. The van der Waals surface area contributed by atoms with Gasteiger partial charge < -0.3 is 10.1 Å². The molecule has 3 amide bonds. The molecule has 3 rings (SSSR count). The topological polar surface area (TPSA) is 97.4 Å². The van der Waals surface area contributed by atoms with Gasteiger partial charge in [0.15, 0.2) is 6.61 Å². The van der Waals surface area contributed by atoms with E-state index in [4.69, 9.17) is 4.74 Å². The Morgan fingerprint density at radius 2 is 1.96 bits per heavy atom. The van der Waals surface area contributed by atoms with Gasteiger partial charge in [-0.25, -0.2) is 14.6 Å². The number of esters is 1. The van der Waals surface area contributed by atoms with Gasteiger partial charge in [0.1, 0.15) is 4.88 Å². The van der Waals surface area contributed by atoms with E-state index in [2.05, 4.69) is 15.6 Å². The van der Waals surface area contributed by atoms with Crippen molar-refractivity contribution in [3.05, 3.63) is 40.2 Å². The van der Waals surface area contributed by atoms with Gasteiger partial charge >= 0.3 is 12.0 Å². The van der Waals surface area contributed by atoms with Crippen molar-refractivity contribution in [2.75, 3.05) is 6.61 Å². The second kappa shape index (κ2) is 7.43. The molecule has 0 atom stereocenters. The maximum atomic E-state index is 12.3. The Morgan fingerprint density at radius 3 is 2.64 bits per heavy atom. The monoisotopic (exact) mass is 359 g/mol. The highest BCUT2D eigenvalue weighted by molar-refractivity contribution is 7.14. The van der Waals surface area contributed by atoms with E-state index in [-0.39, 0.29) is 6.04 Å². The first-order chi connectivity index (χ1) is 12.0.